The first-order valence-electron chi connectivity index (χ1n) is 11.9. The van der Waals surface area contributed by atoms with Crippen molar-refractivity contribution in [1.82, 2.24) is 9.80 Å². The van der Waals surface area contributed by atoms with Gasteiger partial charge in [-0.3, -0.25) is 24.2 Å². The summed E-state index contributed by atoms with van der Waals surface area (Å²) in [6.07, 6.45) is -0.681. The number of carbonyl (C=O) groups is 3. The number of para-hydroxylation sites is 4. The Balaban J connectivity index is 1.24. The predicted octanol–water partition coefficient (Wildman–Crippen LogP) is 2.12. The molecule has 0 aliphatic carbocycles. The zero-order valence-electron chi connectivity index (χ0n) is 20.2. The highest BCUT2D eigenvalue weighted by Crippen LogP contribution is 2.37. The van der Waals surface area contributed by atoms with Crippen LogP contribution in [0.1, 0.15) is 20.8 Å². The van der Waals surface area contributed by atoms with Crippen LogP contribution in [-0.2, 0) is 14.4 Å². The third-order valence-electron chi connectivity index (χ3n) is 7.04. The standard InChI is InChI=1S/C26H30N4O5/c1-17(23(31)30-19-9-5-4-8-18(19)27-25(33)26(30,2)3)28-12-14-29(15-13-28)24(32)22-16-34-20-10-6-7-11-21(20)35-22/h4-11,17,22H,12-16H2,1-3H3,(H,27,33)/t17-,22+/m0/s1. The summed E-state index contributed by atoms with van der Waals surface area (Å²) in [6.45, 7) is 7.61. The average molecular weight is 479 g/mol. The molecule has 9 nitrogen and oxygen atoms in total. The van der Waals surface area contributed by atoms with Crippen molar-refractivity contribution in [1.29, 1.82) is 0 Å². The molecule has 2 aromatic carbocycles. The average Bonchev–Trinajstić information content (AvgIpc) is 2.88. The molecule has 1 fully saturated rings. The van der Waals surface area contributed by atoms with E-state index in [1.165, 1.54) is 0 Å². The number of piperazine rings is 1. The molecule has 0 radical (unpaired) electrons. The normalized spacial score (nSPS) is 22.1. The topological polar surface area (TPSA) is 91.4 Å². The van der Waals surface area contributed by atoms with Crippen molar-refractivity contribution in [3.8, 4) is 11.5 Å². The number of carbonyl (C=O) groups excluding carboxylic acids is 3. The molecule has 1 saturated heterocycles. The Morgan fingerprint density at radius 3 is 2.40 bits per heavy atom. The molecule has 3 aliphatic heterocycles. The molecule has 0 saturated carbocycles. The van der Waals surface area contributed by atoms with E-state index < -0.39 is 17.7 Å². The Morgan fingerprint density at radius 1 is 1.00 bits per heavy atom. The molecular weight excluding hydrogens is 448 g/mol. The van der Waals surface area contributed by atoms with Crippen LogP contribution >= 0.6 is 0 Å². The Bertz CT molecular complexity index is 1160. The molecule has 0 bridgehead atoms. The minimum absolute atomic E-state index is 0.110. The van der Waals surface area contributed by atoms with Crippen LogP contribution in [0.5, 0.6) is 11.5 Å². The second-order valence-corrected chi connectivity index (χ2v) is 9.61. The van der Waals surface area contributed by atoms with Crippen LogP contribution in [0, 0.1) is 0 Å². The maximum Gasteiger partial charge on any atom is 0.267 e. The van der Waals surface area contributed by atoms with Crippen LogP contribution in [0.15, 0.2) is 48.5 Å². The van der Waals surface area contributed by atoms with Crippen molar-refractivity contribution < 1.29 is 23.9 Å². The number of anilines is 2. The number of nitrogens with zero attached hydrogens (tertiary/aromatic N) is 3. The highest BCUT2D eigenvalue weighted by molar-refractivity contribution is 6.15. The molecule has 0 aromatic heterocycles. The summed E-state index contributed by atoms with van der Waals surface area (Å²) in [5.41, 5.74) is 0.299. The van der Waals surface area contributed by atoms with Gasteiger partial charge in [-0.15, -0.1) is 0 Å². The molecule has 9 heteroatoms. The molecule has 3 aliphatic rings. The molecule has 0 unspecified atom stereocenters. The predicted molar refractivity (Wildman–Crippen MR) is 131 cm³/mol. The van der Waals surface area contributed by atoms with E-state index in [2.05, 4.69) is 10.2 Å². The largest absolute Gasteiger partial charge is 0.485 e. The maximum atomic E-state index is 13.7. The van der Waals surface area contributed by atoms with Gasteiger partial charge in [0.1, 0.15) is 12.1 Å². The summed E-state index contributed by atoms with van der Waals surface area (Å²) in [7, 11) is 0. The van der Waals surface area contributed by atoms with E-state index in [0.29, 0.717) is 49.1 Å². The van der Waals surface area contributed by atoms with Gasteiger partial charge >= 0.3 is 0 Å². The van der Waals surface area contributed by atoms with E-state index in [0.717, 1.165) is 0 Å². The van der Waals surface area contributed by atoms with Crippen LogP contribution in [0.4, 0.5) is 11.4 Å². The van der Waals surface area contributed by atoms with Crippen LogP contribution in [0.25, 0.3) is 0 Å². The third kappa shape index (κ3) is 4.10. The summed E-state index contributed by atoms with van der Waals surface area (Å²) < 4.78 is 11.6. The van der Waals surface area contributed by atoms with Gasteiger partial charge in [-0.1, -0.05) is 24.3 Å². The minimum Gasteiger partial charge on any atom is -0.485 e. The smallest absolute Gasteiger partial charge is 0.267 e. The maximum absolute atomic E-state index is 13.7. The van der Waals surface area contributed by atoms with E-state index in [9.17, 15) is 14.4 Å². The number of fused-ring (bicyclic) bond motifs is 2. The summed E-state index contributed by atoms with van der Waals surface area (Å²) >= 11 is 0. The zero-order valence-corrected chi connectivity index (χ0v) is 20.2. The summed E-state index contributed by atoms with van der Waals surface area (Å²) in [5, 5.41) is 2.90. The lowest BCUT2D eigenvalue weighted by atomic mass is 9.95. The van der Waals surface area contributed by atoms with Gasteiger partial charge in [-0.2, -0.15) is 0 Å². The van der Waals surface area contributed by atoms with Gasteiger partial charge in [0.15, 0.2) is 11.5 Å². The summed E-state index contributed by atoms with van der Waals surface area (Å²) in [5.74, 6) is 0.745. The lowest BCUT2D eigenvalue weighted by molar-refractivity contribution is -0.143. The molecule has 0 spiro atoms. The van der Waals surface area contributed by atoms with Gasteiger partial charge in [0.05, 0.1) is 17.4 Å². The van der Waals surface area contributed by atoms with Crippen LogP contribution in [0.2, 0.25) is 0 Å². The van der Waals surface area contributed by atoms with Crippen molar-refractivity contribution in [2.24, 2.45) is 0 Å². The van der Waals surface area contributed by atoms with Crippen LogP contribution < -0.4 is 19.7 Å². The van der Waals surface area contributed by atoms with E-state index in [1.54, 1.807) is 35.8 Å². The van der Waals surface area contributed by atoms with Crippen molar-refractivity contribution in [3.63, 3.8) is 0 Å². The van der Waals surface area contributed by atoms with Crippen LogP contribution in [-0.4, -0.2) is 78.0 Å². The number of hydrogen-bond donors (Lipinski definition) is 1. The van der Waals surface area contributed by atoms with E-state index in [-0.39, 0.29) is 24.3 Å². The first-order valence-corrected chi connectivity index (χ1v) is 11.9. The third-order valence-corrected chi connectivity index (χ3v) is 7.04. The van der Waals surface area contributed by atoms with Gasteiger partial charge in [-0.05, 0) is 45.0 Å². The number of ether oxygens (including phenoxy) is 2. The second-order valence-electron chi connectivity index (χ2n) is 9.61. The Morgan fingerprint density at radius 2 is 1.66 bits per heavy atom. The number of benzene rings is 2. The highest BCUT2D eigenvalue weighted by atomic mass is 16.6. The first-order chi connectivity index (χ1) is 16.8. The summed E-state index contributed by atoms with van der Waals surface area (Å²) in [6, 6.07) is 14.2. The molecule has 5 rings (SSSR count). The number of rotatable bonds is 3. The van der Waals surface area contributed by atoms with Crippen molar-refractivity contribution in [2.45, 2.75) is 38.5 Å². The minimum atomic E-state index is -1.02. The second kappa shape index (κ2) is 8.88. The Labute approximate surface area is 204 Å². The summed E-state index contributed by atoms with van der Waals surface area (Å²) in [4.78, 5) is 44.9. The fraction of sp³-hybridized carbons (Fsp3) is 0.423. The van der Waals surface area contributed by atoms with Gasteiger partial charge in [0.2, 0.25) is 17.9 Å². The van der Waals surface area contributed by atoms with Crippen molar-refractivity contribution in [2.75, 3.05) is 43.0 Å². The van der Waals surface area contributed by atoms with Gasteiger partial charge in [-0.25, -0.2) is 0 Å². The molecule has 3 heterocycles. The molecule has 1 N–H and O–H groups in total. The SMILES string of the molecule is C[C@@H](C(=O)N1c2ccccc2NC(=O)C1(C)C)N1CCN(C(=O)[C@H]2COc3ccccc3O2)CC1. The Hall–Kier alpha value is -3.59. The Kier molecular flexibility index (Phi) is 5.88. The quantitative estimate of drug-likeness (QED) is 0.727. The van der Waals surface area contributed by atoms with Crippen LogP contribution in [0.3, 0.4) is 0 Å². The number of amides is 3. The monoisotopic (exact) mass is 478 g/mol. The van der Waals surface area contributed by atoms with Crippen molar-refractivity contribution >= 4 is 29.1 Å². The fourth-order valence-corrected chi connectivity index (χ4v) is 4.86. The lowest BCUT2D eigenvalue weighted by Crippen LogP contribution is -2.63. The first kappa shape index (κ1) is 23.2. The van der Waals surface area contributed by atoms with E-state index in [1.807, 2.05) is 43.3 Å². The van der Waals surface area contributed by atoms with Gasteiger partial charge in [0, 0.05) is 26.2 Å². The molecular formula is C26H30N4O5. The lowest BCUT2D eigenvalue weighted by Gasteiger charge is -2.45. The van der Waals surface area contributed by atoms with Gasteiger partial charge in [0.25, 0.3) is 5.91 Å². The molecule has 35 heavy (non-hydrogen) atoms. The van der Waals surface area contributed by atoms with E-state index >= 15 is 0 Å². The van der Waals surface area contributed by atoms with Gasteiger partial charge < -0.3 is 19.7 Å². The molecule has 2 atom stereocenters. The van der Waals surface area contributed by atoms with E-state index in [4.69, 9.17) is 9.47 Å². The van der Waals surface area contributed by atoms with Crippen molar-refractivity contribution in [3.05, 3.63) is 48.5 Å². The zero-order chi connectivity index (χ0) is 24.7. The number of hydrogen-bond acceptors (Lipinski definition) is 6. The molecule has 2 aromatic rings. The fourth-order valence-electron chi connectivity index (χ4n) is 4.86. The molecule has 3 amide bonds. The molecule has 184 valence electrons. The number of nitrogens with one attached hydrogen (secondary N) is 1. The highest BCUT2D eigenvalue weighted by Gasteiger charge is 2.46.